The number of hydrogen-bond acceptors (Lipinski definition) is 5. The zero-order valence-corrected chi connectivity index (χ0v) is 20.0. The van der Waals surface area contributed by atoms with Gasteiger partial charge in [-0.1, -0.05) is 24.3 Å². The van der Waals surface area contributed by atoms with Gasteiger partial charge in [0.15, 0.2) is 0 Å². The fraction of sp³-hybridized carbons (Fsp3) is 0.444. The lowest BCUT2D eigenvalue weighted by Gasteiger charge is -2.44. The zero-order valence-electron chi connectivity index (χ0n) is 20.0. The highest BCUT2D eigenvalue weighted by Gasteiger charge is 2.55. The van der Waals surface area contributed by atoms with Gasteiger partial charge in [0.05, 0.1) is 13.7 Å². The molecule has 1 atom stereocenters. The van der Waals surface area contributed by atoms with E-state index in [1.165, 1.54) is 0 Å². The maximum atomic E-state index is 13.7. The molecule has 1 spiro atoms. The molecule has 3 amide bonds. The molecule has 0 aliphatic carbocycles. The Hall–Kier alpha value is -3.39. The molecule has 0 N–H and O–H groups in total. The van der Waals surface area contributed by atoms with E-state index < -0.39 is 11.8 Å². The van der Waals surface area contributed by atoms with E-state index in [-0.39, 0.29) is 24.3 Å². The lowest BCUT2D eigenvalue weighted by Crippen LogP contribution is -2.60. The van der Waals surface area contributed by atoms with Gasteiger partial charge in [-0.05, 0) is 43.2 Å². The van der Waals surface area contributed by atoms with Crippen molar-refractivity contribution in [1.82, 2.24) is 14.7 Å². The van der Waals surface area contributed by atoms with Crippen molar-refractivity contribution in [3.8, 4) is 5.75 Å². The van der Waals surface area contributed by atoms with E-state index in [2.05, 4.69) is 0 Å². The monoisotopic (exact) mass is 477 g/mol. The van der Waals surface area contributed by atoms with Crippen molar-refractivity contribution in [3.63, 3.8) is 0 Å². The third-order valence-corrected chi connectivity index (χ3v) is 7.35. The van der Waals surface area contributed by atoms with Crippen molar-refractivity contribution in [2.24, 2.45) is 0 Å². The zero-order chi connectivity index (χ0) is 24.4. The van der Waals surface area contributed by atoms with E-state index in [0.29, 0.717) is 42.8 Å². The second kappa shape index (κ2) is 9.70. The molecule has 35 heavy (non-hydrogen) atoms. The number of piperidine rings is 1. The van der Waals surface area contributed by atoms with Gasteiger partial charge in [0.25, 0.3) is 11.8 Å². The van der Waals surface area contributed by atoms with Crippen LogP contribution in [0.2, 0.25) is 0 Å². The Labute approximate surface area is 205 Å². The first-order valence-electron chi connectivity index (χ1n) is 12.3. The van der Waals surface area contributed by atoms with Crippen LogP contribution < -0.4 is 4.74 Å². The molecule has 184 valence electrons. The molecule has 0 radical (unpaired) electrons. The third kappa shape index (κ3) is 4.38. The summed E-state index contributed by atoms with van der Waals surface area (Å²) in [5.74, 6) is 0.306. The van der Waals surface area contributed by atoms with Crippen molar-refractivity contribution in [2.75, 3.05) is 39.9 Å². The first-order valence-corrected chi connectivity index (χ1v) is 12.3. The van der Waals surface area contributed by atoms with Crippen molar-refractivity contribution in [3.05, 3.63) is 65.7 Å². The van der Waals surface area contributed by atoms with Gasteiger partial charge in [-0.15, -0.1) is 0 Å². The van der Waals surface area contributed by atoms with Crippen LogP contribution in [0.1, 0.15) is 46.4 Å². The maximum Gasteiger partial charge on any atom is 0.256 e. The molecular formula is C27H31N3O5. The number of amides is 3. The Balaban J connectivity index is 1.38. The highest BCUT2D eigenvalue weighted by molar-refractivity contribution is 5.98. The van der Waals surface area contributed by atoms with Gasteiger partial charge < -0.3 is 19.3 Å². The standard InChI is InChI=1S/C27H31N3O5/c1-34-22-11-7-10-21(18-22)24(31)29-16-12-27(13-17-29)30(25(32)20-8-3-2-4-9-20)23(19-35-27)26(33)28-14-5-6-15-28/h2-4,7-11,18,23H,5-6,12-17,19H2,1H3/t23-/m1/s1. The summed E-state index contributed by atoms with van der Waals surface area (Å²) in [5, 5.41) is 0. The fourth-order valence-corrected chi connectivity index (χ4v) is 5.42. The van der Waals surface area contributed by atoms with E-state index in [1.807, 2.05) is 23.1 Å². The predicted molar refractivity (Wildman–Crippen MR) is 129 cm³/mol. The third-order valence-electron chi connectivity index (χ3n) is 7.35. The van der Waals surface area contributed by atoms with Crippen LogP contribution >= 0.6 is 0 Å². The topological polar surface area (TPSA) is 79.4 Å². The molecule has 3 aliphatic heterocycles. The lowest BCUT2D eigenvalue weighted by atomic mass is 9.96. The summed E-state index contributed by atoms with van der Waals surface area (Å²) in [7, 11) is 1.57. The number of carbonyl (C=O) groups excluding carboxylic acids is 3. The quantitative estimate of drug-likeness (QED) is 0.677. The SMILES string of the molecule is COc1cccc(C(=O)N2CCC3(CC2)OC[C@H](C(=O)N2CCCC2)N3C(=O)c2ccccc2)c1. The Morgan fingerprint density at radius 2 is 1.54 bits per heavy atom. The van der Waals surface area contributed by atoms with Crippen LogP contribution in [-0.2, 0) is 9.53 Å². The summed E-state index contributed by atoms with van der Waals surface area (Å²) < 4.78 is 11.6. The Kier molecular flexibility index (Phi) is 6.47. The molecule has 3 aliphatic rings. The van der Waals surface area contributed by atoms with Crippen molar-refractivity contribution in [1.29, 1.82) is 0 Å². The molecule has 0 unspecified atom stereocenters. The van der Waals surface area contributed by atoms with Crippen molar-refractivity contribution >= 4 is 17.7 Å². The Bertz CT molecular complexity index is 1090. The molecule has 0 bridgehead atoms. The molecule has 3 heterocycles. The number of rotatable bonds is 4. The summed E-state index contributed by atoms with van der Waals surface area (Å²) in [4.78, 5) is 45.6. The average Bonchev–Trinajstić information content (AvgIpc) is 3.58. The minimum atomic E-state index is -0.905. The second-order valence-corrected chi connectivity index (χ2v) is 9.37. The van der Waals surface area contributed by atoms with Gasteiger partial charge in [0.2, 0.25) is 5.91 Å². The number of carbonyl (C=O) groups is 3. The molecule has 0 saturated carbocycles. The van der Waals surface area contributed by atoms with E-state index >= 15 is 0 Å². The van der Waals surface area contributed by atoms with E-state index in [9.17, 15) is 14.4 Å². The first-order chi connectivity index (χ1) is 17.0. The molecule has 8 heteroatoms. The molecular weight excluding hydrogens is 446 g/mol. The first kappa shape index (κ1) is 23.4. The average molecular weight is 478 g/mol. The van der Waals surface area contributed by atoms with Crippen molar-refractivity contribution in [2.45, 2.75) is 37.5 Å². The summed E-state index contributed by atoms with van der Waals surface area (Å²) in [5.41, 5.74) is 0.191. The molecule has 0 aromatic heterocycles. The van der Waals surface area contributed by atoms with Gasteiger partial charge in [-0.2, -0.15) is 0 Å². The van der Waals surface area contributed by atoms with Crippen LogP contribution in [-0.4, -0.2) is 84.1 Å². The number of ether oxygens (including phenoxy) is 2. The van der Waals surface area contributed by atoms with Gasteiger partial charge >= 0.3 is 0 Å². The van der Waals surface area contributed by atoms with Gasteiger partial charge in [0.1, 0.15) is 17.5 Å². The number of likely N-dealkylation sites (tertiary alicyclic amines) is 2. The van der Waals surface area contributed by atoms with Crippen LogP contribution in [0.4, 0.5) is 0 Å². The van der Waals surface area contributed by atoms with Crippen LogP contribution in [0.15, 0.2) is 54.6 Å². The summed E-state index contributed by atoms with van der Waals surface area (Å²) >= 11 is 0. The summed E-state index contributed by atoms with van der Waals surface area (Å²) in [6, 6.07) is 15.5. The van der Waals surface area contributed by atoms with Crippen LogP contribution in [0.5, 0.6) is 5.75 Å². The maximum absolute atomic E-state index is 13.7. The number of methoxy groups -OCH3 is 1. The highest BCUT2D eigenvalue weighted by Crippen LogP contribution is 2.39. The molecule has 3 saturated heterocycles. The predicted octanol–water partition coefficient (Wildman–Crippen LogP) is 2.79. The van der Waals surface area contributed by atoms with E-state index in [1.54, 1.807) is 53.3 Å². The van der Waals surface area contributed by atoms with Crippen LogP contribution in [0.3, 0.4) is 0 Å². The number of benzene rings is 2. The van der Waals surface area contributed by atoms with E-state index in [4.69, 9.17) is 9.47 Å². The number of nitrogens with zero attached hydrogens (tertiary/aromatic N) is 3. The fourth-order valence-electron chi connectivity index (χ4n) is 5.42. The lowest BCUT2D eigenvalue weighted by molar-refractivity contribution is -0.136. The Morgan fingerprint density at radius 1 is 0.857 bits per heavy atom. The highest BCUT2D eigenvalue weighted by atomic mass is 16.5. The van der Waals surface area contributed by atoms with E-state index in [0.717, 1.165) is 25.9 Å². The molecule has 8 nitrogen and oxygen atoms in total. The van der Waals surface area contributed by atoms with Crippen LogP contribution in [0, 0.1) is 0 Å². The summed E-state index contributed by atoms with van der Waals surface area (Å²) in [6.45, 7) is 2.48. The smallest absolute Gasteiger partial charge is 0.256 e. The molecule has 2 aromatic rings. The van der Waals surface area contributed by atoms with Gasteiger partial charge in [0, 0.05) is 50.1 Å². The Morgan fingerprint density at radius 3 is 2.23 bits per heavy atom. The van der Waals surface area contributed by atoms with Gasteiger partial charge in [-0.3, -0.25) is 19.3 Å². The van der Waals surface area contributed by atoms with Crippen molar-refractivity contribution < 1.29 is 23.9 Å². The molecule has 3 fully saturated rings. The second-order valence-electron chi connectivity index (χ2n) is 9.37. The minimum absolute atomic E-state index is 0.0430. The largest absolute Gasteiger partial charge is 0.497 e. The molecule has 2 aromatic carbocycles. The minimum Gasteiger partial charge on any atom is -0.497 e. The van der Waals surface area contributed by atoms with Gasteiger partial charge in [-0.25, -0.2) is 0 Å². The number of hydrogen-bond donors (Lipinski definition) is 0. The normalized spacial score (nSPS) is 21.4. The van der Waals surface area contributed by atoms with Crippen LogP contribution in [0.25, 0.3) is 0 Å². The summed E-state index contributed by atoms with van der Waals surface area (Å²) in [6.07, 6.45) is 2.87. The molecule has 5 rings (SSSR count).